The highest BCUT2D eigenvalue weighted by atomic mass is 35.5. The summed E-state index contributed by atoms with van der Waals surface area (Å²) >= 11 is 7.89. The number of hydrogen-bond donors (Lipinski definition) is 2. The van der Waals surface area contributed by atoms with Gasteiger partial charge in [0.1, 0.15) is 11.5 Å². The van der Waals surface area contributed by atoms with Crippen molar-refractivity contribution in [3.63, 3.8) is 0 Å². The maximum atomic E-state index is 11.2. The largest absolute Gasteiger partial charge is 0.507 e. The van der Waals surface area contributed by atoms with Crippen molar-refractivity contribution >= 4 is 40.2 Å². The van der Waals surface area contributed by atoms with Gasteiger partial charge in [0.2, 0.25) is 0 Å². The number of carbonyl (C=O) groups excluding carboxylic acids is 1. The molecule has 2 N–H and O–H groups in total. The van der Waals surface area contributed by atoms with E-state index in [1.165, 1.54) is 11.8 Å². The van der Waals surface area contributed by atoms with Gasteiger partial charge in [0, 0.05) is 11.1 Å². The number of benzene rings is 3. The zero-order chi connectivity index (χ0) is 19.7. The number of H-pyrrole nitrogens is 1. The SMILES string of the molecule is CC(=O)CSc1nc2cc(-c3ccc(-c4ccccc4O)cc3)c(Cl)cc2[nH]1. The van der Waals surface area contributed by atoms with E-state index in [1.807, 2.05) is 48.5 Å². The summed E-state index contributed by atoms with van der Waals surface area (Å²) in [5.74, 6) is 0.740. The number of carbonyl (C=O) groups is 1. The zero-order valence-corrected chi connectivity index (χ0v) is 16.6. The highest BCUT2D eigenvalue weighted by Gasteiger charge is 2.11. The van der Waals surface area contributed by atoms with E-state index in [4.69, 9.17) is 11.6 Å². The highest BCUT2D eigenvalue weighted by molar-refractivity contribution is 7.99. The lowest BCUT2D eigenvalue weighted by molar-refractivity contribution is -0.114. The van der Waals surface area contributed by atoms with Crippen molar-refractivity contribution in [3.8, 4) is 28.0 Å². The number of aromatic nitrogens is 2. The van der Waals surface area contributed by atoms with E-state index in [-0.39, 0.29) is 11.5 Å². The first-order chi connectivity index (χ1) is 13.5. The van der Waals surface area contributed by atoms with Crippen LogP contribution in [0, 0.1) is 0 Å². The topological polar surface area (TPSA) is 66.0 Å². The fourth-order valence-electron chi connectivity index (χ4n) is 3.01. The predicted octanol–water partition coefficient (Wildman–Crippen LogP) is 5.94. The van der Waals surface area contributed by atoms with Crippen molar-refractivity contribution in [2.45, 2.75) is 12.1 Å². The number of thioether (sulfide) groups is 1. The smallest absolute Gasteiger partial charge is 0.166 e. The number of Topliss-reactive ketones (excluding diaryl/α,β-unsaturated/α-hetero) is 1. The minimum absolute atomic E-state index is 0.105. The molecule has 0 amide bonds. The van der Waals surface area contributed by atoms with Crippen LogP contribution in [0.1, 0.15) is 6.92 Å². The molecule has 0 saturated heterocycles. The monoisotopic (exact) mass is 408 g/mol. The molecule has 0 unspecified atom stereocenters. The minimum Gasteiger partial charge on any atom is -0.507 e. The summed E-state index contributed by atoms with van der Waals surface area (Å²) in [4.78, 5) is 18.9. The normalized spacial score (nSPS) is 11.1. The minimum atomic E-state index is 0.105. The first-order valence-corrected chi connectivity index (χ1v) is 10.1. The molecule has 0 radical (unpaired) electrons. The van der Waals surface area contributed by atoms with Crippen LogP contribution in [0.4, 0.5) is 0 Å². The van der Waals surface area contributed by atoms with Gasteiger partial charge in [0.25, 0.3) is 0 Å². The zero-order valence-electron chi connectivity index (χ0n) is 15.1. The first kappa shape index (κ1) is 18.6. The fourth-order valence-corrected chi connectivity index (χ4v) is 3.97. The third-order valence-corrected chi connectivity index (χ3v) is 5.70. The number of para-hydroxylation sites is 1. The number of rotatable bonds is 5. The molecule has 0 fully saturated rings. The molecule has 0 aliphatic rings. The van der Waals surface area contributed by atoms with Crippen molar-refractivity contribution in [2.24, 2.45) is 0 Å². The Morgan fingerprint density at radius 2 is 1.75 bits per heavy atom. The van der Waals surface area contributed by atoms with E-state index in [0.717, 1.165) is 33.3 Å². The average Bonchev–Trinajstić information content (AvgIpc) is 3.08. The number of aromatic hydroxyl groups is 1. The van der Waals surface area contributed by atoms with Gasteiger partial charge in [-0.25, -0.2) is 4.98 Å². The number of halogens is 1. The Balaban J connectivity index is 1.67. The van der Waals surface area contributed by atoms with Crippen LogP contribution in [0.5, 0.6) is 5.75 Å². The molecular weight excluding hydrogens is 392 g/mol. The molecule has 0 saturated carbocycles. The van der Waals surface area contributed by atoms with Crippen LogP contribution in [0.25, 0.3) is 33.3 Å². The molecular formula is C22H17ClN2O2S. The van der Waals surface area contributed by atoms with E-state index in [0.29, 0.717) is 15.9 Å². The van der Waals surface area contributed by atoms with Gasteiger partial charge in [0.15, 0.2) is 5.16 Å². The number of nitrogens with one attached hydrogen (secondary N) is 1. The maximum absolute atomic E-state index is 11.2. The Kier molecular flexibility index (Phi) is 5.11. The van der Waals surface area contributed by atoms with Gasteiger partial charge in [-0.1, -0.05) is 65.8 Å². The molecule has 4 nitrogen and oxygen atoms in total. The van der Waals surface area contributed by atoms with Crippen LogP contribution in [0.3, 0.4) is 0 Å². The second-order valence-electron chi connectivity index (χ2n) is 6.48. The quantitative estimate of drug-likeness (QED) is 0.401. The van der Waals surface area contributed by atoms with E-state index in [1.54, 1.807) is 19.1 Å². The number of phenols is 1. The van der Waals surface area contributed by atoms with Crippen LogP contribution < -0.4 is 0 Å². The van der Waals surface area contributed by atoms with Gasteiger partial charge in [-0.15, -0.1) is 0 Å². The Hall–Kier alpha value is -2.76. The molecule has 4 rings (SSSR count). The molecule has 0 atom stereocenters. The molecule has 0 aliphatic carbocycles. The van der Waals surface area contributed by atoms with Crippen molar-refractivity contribution in [1.29, 1.82) is 0 Å². The number of phenolic OH excluding ortho intramolecular Hbond substituents is 1. The van der Waals surface area contributed by atoms with E-state index >= 15 is 0 Å². The number of aromatic amines is 1. The van der Waals surface area contributed by atoms with Crippen molar-refractivity contribution in [1.82, 2.24) is 9.97 Å². The summed E-state index contributed by atoms with van der Waals surface area (Å²) in [5.41, 5.74) is 5.21. The second kappa shape index (κ2) is 7.70. The Bertz CT molecular complexity index is 1170. The highest BCUT2D eigenvalue weighted by Crippen LogP contribution is 2.35. The third kappa shape index (κ3) is 3.77. The first-order valence-electron chi connectivity index (χ1n) is 8.71. The molecule has 1 heterocycles. The van der Waals surface area contributed by atoms with Crippen molar-refractivity contribution in [3.05, 3.63) is 65.7 Å². The van der Waals surface area contributed by atoms with E-state index < -0.39 is 0 Å². The van der Waals surface area contributed by atoms with Crippen LogP contribution >= 0.6 is 23.4 Å². The van der Waals surface area contributed by atoms with Gasteiger partial charge in [-0.05, 0) is 36.2 Å². The molecule has 1 aromatic heterocycles. The van der Waals surface area contributed by atoms with Crippen LogP contribution in [-0.2, 0) is 4.79 Å². The van der Waals surface area contributed by atoms with Gasteiger partial charge < -0.3 is 10.1 Å². The number of fused-ring (bicyclic) bond motifs is 1. The van der Waals surface area contributed by atoms with Gasteiger partial charge in [0.05, 0.1) is 21.8 Å². The summed E-state index contributed by atoms with van der Waals surface area (Å²) in [6.45, 7) is 1.56. The second-order valence-corrected chi connectivity index (χ2v) is 7.85. The Morgan fingerprint density at radius 3 is 2.43 bits per heavy atom. The summed E-state index contributed by atoms with van der Waals surface area (Å²) in [6, 6.07) is 18.9. The number of ketones is 1. The average molecular weight is 409 g/mol. The Labute approximate surface area is 171 Å². The maximum Gasteiger partial charge on any atom is 0.166 e. The van der Waals surface area contributed by atoms with Crippen LogP contribution in [0.2, 0.25) is 5.02 Å². The molecule has 0 aliphatic heterocycles. The van der Waals surface area contributed by atoms with E-state index in [2.05, 4.69) is 9.97 Å². The van der Waals surface area contributed by atoms with E-state index in [9.17, 15) is 9.90 Å². The number of imidazole rings is 1. The number of nitrogens with zero attached hydrogens (tertiary/aromatic N) is 1. The van der Waals surface area contributed by atoms with Gasteiger partial charge in [-0.3, -0.25) is 4.79 Å². The van der Waals surface area contributed by atoms with Gasteiger partial charge in [-0.2, -0.15) is 0 Å². The molecule has 0 spiro atoms. The molecule has 6 heteroatoms. The standard InChI is InChI=1S/C22H17ClN2O2S/c1-13(26)12-28-22-24-19-10-17(18(23)11-20(19)25-22)15-8-6-14(7-9-15)16-4-2-3-5-21(16)27/h2-11,27H,12H2,1H3,(H,24,25). The molecule has 28 heavy (non-hydrogen) atoms. The lowest BCUT2D eigenvalue weighted by Gasteiger charge is -2.08. The molecule has 140 valence electrons. The lowest BCUT2D eigenvalue weighted by Crippen LogP contribution is -1.93. The lowest BCUT2D eigenvalue weighted by atomic mass is 9.99. The molecule has 0 bridgehead atoms. The number of hydrogen-bond acceptors (Lipinski definition) is 4. The fraction of sp³-hybridized carbons (Fsp3) is 0.0909. The third-order valence-electron chi connectivity index (χ3n) is 4.37. The van der Waals surface area contributed by atoms with Crippen molar-refractivity contribution in [2.75, 3.05) is 5.75 Å². The summed E-state index contributed by atoms with van der Waals surface area (Å²) in [7, 11) is 0. The summed E-state index contributed by atoms with van der Waals surface area (Å²) in [5, 5.41) is 11.4. The summed E-state index contributed by atoms with van der Waals surface area (Å²) in [6.07, 6.45) is 0. The van der Waals surface area contributed by atoms with Crippen LogP contribution in [-0.4, -0.2) is 26.6 Å². The molecule has 4 aromatic rings. The Morgan fingerprint density at radius 1 is 1.07 bits per heavy atom. The van der Waals surface area contributed by atoms with Gasteiger partial charge >= 0.3 is 0 Å². The molecule has 3 aromatic carbocycles. The summed E-state index contributed by atoms with van der Waals surface area (Å²) < 4.78 is 0. The van der Waals surface area contributed by atoms with Crippen LogP contribution in [0.15, 0.2) is 65.8 Å². The predicted molar refractivity (Wildman–Crippen MR) is 115 cm³/mol. The van der Waals surface area contributed by atoms with Crippen molar-refractivity contribution < 1.29 is 9.90 Å².